The molecule has 1 N–H and O–H groups in total. The van der Waals surface area contributed by atoms with Crippen LogP contribution in [0.5, 0.6) is 0 Å². The summed E-state index contributed by atoms with van der Waals surface area (Å²) in [6.45, 7) is 2.24. The molecule has 0 amide bonds. The Morgan fingerprint density at radius 2 is 1.79 bits per heavy atom. The van der Waals surface area contributed by atoms with Gasteiger partial charge in [-0.1, -0.05) is 30.3 Å². The smallest absolute Gasteiger partial charge is 0.0615 e. The van der Waals surface area contributed by atoms with Gasteiger partial charge in [0.15, 0.2) is 0 Å². The van der Waals surface area contributed by atoms with E-state index in [-0.39, 0.29) is 12.1 Å². The van der Waals surface area contributed by atoms with Gasteiger partial charge in [-0.15, -0.1) is 0 Å². The zero-order chi connectivity index (χ0) is 10.6. The molecule has 1 rings (SSSR count). The lowest BCUT2D eigenvalue weighted by molar-refractivity contribution is 0.0842. The molecule has 1 aromatic rings. The van der Waals surface area contributed by atoms with E-state index in [1.807, 2.05) is 32.3 Å². The van der Waals surface area contributed by atoms with Crippen molar-refractivity contribution in [1.82, 2.24) is 4.90 Å². The third-order valence-corrected chi connectivity index (χ3v) is 2.85. The fraction of sp³-hybridized carbons (Fsp3) is 0.500. The summed E-state index contributed by atoms with van der Waals surface area (Å²) in [6.07, 6.45) is 0.872. The molecule has 0 unspecified atom stereocenters. The van der Waals surface area contributed by atoms with E-state index in [1.54, 1.807) is 0 Å². The van der Waals surface area contributed by atoms with Gasteiger partial charge in [0.2, 0.25) is 0 Å². The second kappa shape index (κ2) is 4.58. The molecule has 0 heterocycles. The minimum absolute atomic E-state index is 0.165. The number of nitrogens with zero attached hydrogens (tertiary/aromatic N) is 1. The first-order valence-electron chi connectivity index (χ1n) is 4.91. The van der Waals surface area contributed by atoms with Gasteiger partial charge in [0, 0.05) is 5.54 Å². The summed E-state index contributed by atoms with van der Waals surface area (Å²) in [7, 11) is 4.00. The van der Waals surface area contributed by atoms with E-state index < -0.39 is 0 Å². The lowest BCUT2D eigenvalue weighted by atomic mass is 9.92. The van der Waals surface area contributed by atoms with E-state index in [9.17, 15) is 5.11 Å². The van der Waals surface area contributed by atoms with Crippen molar-refractivity contribution in [3.63, 3.8) is 0 Å². The highest BCUT2D eigenvalue weighted by Gasteiger charge is 2.25. The van der Waals surface area contributed by atoms with Crippen LogP contribution in [0.15, 0.2) is 30.3 Å². The number of rotatable bonds is 4. The quantitative estimate of drug-likeness (QED) is 0.784. The maximum Gasteiger partial charge on any atom is 0.0615 e. The molecule has 2 heteroatoms. The van der Waals surface area contributed by atoms with Crippen LogP contribution in [0.2, 0.25) is 0 Å². The Morgan fingerprint density at radius 1 is 1.21 bits per heavy atom. The average molecular weight is 193 g/mol. The van der Waals surface area contributed by atoms with E-state index in [4.69, 9.17) is 0 Å². The van der Waals surface area contributed by atoms with Crippen molar-refractivity contribution in [2.24, 2.45) is 0 Å². The Labute approximate surface area is 86.2 Å². The summed E-state index contributed by atoms with van der Waals surface area (Å²) in [4.78, 5) is 2.07. The van der Waals surface area contributed by atoms with E-state index in [0.29, 0.717) is 0 Å². The van der Waals surface area contributed by atoms with Gasteiger partial charge in [0.25, 0.3) is 0 Å². The molecule has 1 atom stereocenters. The Hall–Kier alpha value is -0.860. The number of aliphatic hydroxyl groups is 1. The standard InChI is InChI=1S/C12H19NO/c1-12(10-14,13(2)3)9-11-7-5-4-6-8-11/h4-8,14H,9-10H2,1-3H3/t12-/m1/s1. The second-order valence-electron chi connectivity index (χ2n) is 4.21. The van der Waals surface area contributed by atoms with Crippen molar-refractivity contribution in [3.05, 3.63) is 35.9 Å². The molecular weight excluding hydrogens is 174 g/mol. The van der Waals surface area contributed by atoms with Gasteiger partial charge in [0.1, 0.15) is 0 Å². The molecular formula is C12H19NO. The number of benzene rings is 1. The van der Waals surface area contributed by atoms with Crippen LogP contribution in [0.4, 0.5) is 0 Å². The van der Waals surface area contributed by atoms with Crippen LogP contribution in [0.3, 0.4) is 0 Å². The average Bonchev–Trinajstić information content (AvgIpc) is 2.19. The number of likely N-dealkylation sites (N-methyl/N-ethyl adjacent to an activating group) is 1. The van der Waals surface area contributed by atoms with E-state index >= 15 is 0 Å². The van der Waals surface area contributed by atoms with Crippen LogP contribution in [0, 0.1) is 0 Å². The van der Waals surface area contributed by atoms with Gasteiger partial charge in [-0.25, -0.2) is 0 Å². The molecule has 0 aromatic heterocycles. The molecule has 14 heavy (non-hydrogen) atoms. The molecule has 0 aliphatic carbocycles. The summed E-state index contributed by atoms with van der Waals surface area (Å²) in [5.41, 5.74) is 1.10. The summed E-state index contributed by atoms with van der Waals surface area (Å²) >= 11 is 0. The van der Waals surface area contributed by atoms with E-state index in [1.165, 1.54) is 5.56 Å². The Morgan fingerprint density at radius 3 is 2.21 bits per heavy atom. The highest BCUT2D eigenvalue weighted by atomic mass is 16.3. The Bertz CT molecular complexity index is 271. The predicted octanol–water partition coefficient (Wildman–Crippen LogP) is 1.54. The van der Waals surface area contributed by atoms with Crippen molar-refractivity contribution >= 4 is 0 Å². The Balaban J connectivity index is 2.76. The van der Waals surface area contributed by atoms with Crippen LogP contribution in [-0.2, 0) is 6.42 Å². The topological polar surface area (TPSA) is 23.5 Å². The molecule has 0 aliphatic rings. The molecule has 2 nitrogen and oxygen atoms in total. The van der Waals surface area contributed by atoms with Crippen molar-refractivity contribution in [3.8, 4) is 0 Å². The molecule has 0 spiro atoms. The largest absolute Gasteiger partial charge is 0.394 e. The monoisotopic (exact) mass is 193 g/mol. The number of hydrogen-bond donors (Lipinski definition) is 1. The highest BCUT2D eigenvalue weighted by molar-refractivity contribution is 5.17. The lowest BCUT2D eigenvalue weighted by Gasteiger charge is -2.34. The SMILES string of the molecule is CN(C)[C@@](C)(CO)Cc1ccccc1. The first-order chi connectivity index (χ1) is 6.58. The molecule has 78 valence electrons. The van der Waals surface area contributed by atoms with Gasteiger partial charge in [-0.3, -0.25) is 0 Å². The van der Waals surface area contributed by atoms with Gasteiger partial charge in [0.05, 0.1) is 6.61 Å². The zero-order valence-electron chi connectivity index (χ0n) is 9.20. The normalized spacial score (nSPS) is 15.5. The van der Waals surface area contributed by atoms with Gasteiger partial charge >= 0.3 is 0 Å². The van der Waals surface area contributed by atoms with E-state index in [0.717, 1.165) is 6.42 Å². The molecule has 1 aromatic carbocycles. The zero-order valence-corrected chi connectivity index (χ0v) is 9.20. The van der Waals surface area contributed by atoms with Crippen molar-refractivity contribution in [1.29, 1.82) is 0 Å². The number of aliphatic hydroxyl groups excluding tert-OH is 1. The molecule has 0 saturated heterocycles. The molecule has 0 saturated carbocycles. The minimum atomic E-state index is -0.165. The molecule has 0 fully saturated rings. The Kier molecular flexibility index (Phi) is 3.67. The maximum atomic E-state index is 9.38. The number of hydrogen-bond acceptors (Lipinski definition) is 2. The first kappa shape index (κ1) is 11.2. The third-order valence-electron chi connectivity index (χ3n) is 2.85. The first-order valence-corrected chi connectivity index (χ1v) is 4.91. The molecule has 0 aliphatic heterocycles. The highest BCUT2D eigenvalue weighted by Crippen LogP contribution is 2.17. The van der Waals surface area contributed by atoms with Crippen molar-refractivity contribution < 1.29 is 5.11 Å². The fourth-order valence-corrected chi connectivity index (χ4v) is 1.39. The van der Waals surface area contributed by atoms with Crippen molar-refractivity contribution in [2.45, 2.75) is 18.9 Å². The van der Waals surface area contributed by atoms with Gasteiger partial charge in [-0.05, 0) is 33.0 Å². The van der Waals surface area contributed by atoms with Crippen LogP contribution in [0.1, 0.15) is 12.5 Å². The summed E-state index contributed by atoms with van der Waals surface area (Å²) < 4.78 is 0. The third kappa shape index (κ3) is 2.56. The lowest BCUT2D eigenvalue weighted by Crippen LogP contribution is -2.46. The van der Waals surface area contributed by atoms with Gasteiger partial charge in [-0.2, -0.15) is 0 Å². The molecule has 0 bridgehead atoms. The summed E-state index contributed by atoms with van der Waals surface area (Å²) in [5, 5.41) is 9.38. The second-order valence-corrected chi connectivity index (χ2v) is 4.21. The van der Waals surface area contributed by atoms with Crippen LogP contribution >= 0.6 is 0 Å². The minimum Gasteiger partial charge on any atom is -0.394 e. The maximum absolute atomic E-state index is 9.38. The predicted molar refractivity (Wildman–Crippen MR) is 59.3 cm³/mol. The van der Waals surface area contributed by atoms with Crippen LogP contribution < -0.4 is 0 Å². The van der Waals surface area contributed by atoms with Gasteiger partial charge < -0.3 is 10.0 Å². The fourth-order valence-electron chi connectivity index (χ4n) is 1.39. The summed E-state index contributed by atoms with van der Waals surface area (Å²) in [5.74, 6) is 0. The van der Waals surface area contributed by atoms with Crippen LogP contribution in [-0.4, -0.2) is 36.2 Å². The van der Waals surface area contributed by atoms with Crippen LogP contribution in [0.25, 0.3) is 0 Å². The van der Waals surface area contributed by atoms with E-state index in [2.05, 4.69) is 24.0 Å². The van der Waals surface area contributed by atoms with Crippen molar-refractivity contribution in [2.75, 3.05) is 20.7 Å². The summed E-state index contributed by atoms with van der Waals surface area (Å²) in [6, 6.07) is 10.3. The molecule has 0 radical (unpaired) electrons.